The smallest absolute Gasteiger partial charge is 0.164 e. The Morgan fingerprint density at radius 3 is 3.00 bits per heavy atom. The normalized spacial score (nSPS) is 19.8. The van der Waals surface area contributed by atoms with Crippen LogP contribution in [0.1, 0.15) is 42.7 Å². The zero-order valence-corrected chi connectivity index (χ0v) is 14.6. The number of hydrogen-bond acceptors (Lipinski definition) is 4. The highest BCUT2D eigenvalue weighted by Crippen LogP contribution is 2.47. The molecule has 0 bridgehead atoms. The van der Waals surface area contributed by atoms with E-state index in [4.69, 9.17) is 0 Å². The summed E-state index contributed by atoms with van der Waals surface area (Å²) in [5, 5.41) is 7.84. The van der Waals surface area contributed by atoms with Gasteiger partial charge in [0.05, 0.1) is 5.56 Å². The van der Waals surface area contributed by atoms with Gasteiger partial charge in [-0.3, -0.25) is 0 Å². The molecule has 0 saturated heterocycles. The first kappa shape index (κ1) is 14.2. The summed E-state index contributed by atoms with van der Waals surface area (Å²) in [5.41, 5.74) is 6.11. The number of rotatable bonds is 1. The van der Waals surface area contributed by atoms with E-state index in [1.165, 1.54) is 29.7 Å². The van der Waals surface area contributed by atoms with Gasteiger partial charge in [0.2, 0.25) is 0 Å². The fourth-order valence-corrected chi connectivity index (χ4v) is 4.36. The summed E-state index contributed by atoms with van der Waals surface area (Å²) >= 11 is 3.62. The molecule has 120 valence electrons. The van der Waals surface area contributed by atoms with Crippen LogP contribution in [-0.4, -0.2) is 19.6 Å². The van der Waals surface area contributed by atoms with Crippen LogP contribution in [0.4, 0.5) is 5.82 Å². The van der Waals surface area contributed by atoms with Crippen LogP contribution in [0.2, 0.25) is 0 Å². The summed E-state index contributed by atoms with van der Waals surface area (Å²) < 4.78 is 2.86. The molecular weight excluding hydrogens is 366 g/mol. The fourth-order valence-electron chi connectivity index (χ4n) is 3.94. The molecule has 1 aliphatic carbocycles. The third kappa shape index (κ3) is 2.09. The molecule has 2 aliphatic rings. The lowest BCUT2D eigenvalue weighted by atomic mass is 9.77. The first-order valence-corrected chi connectivity index (χ1v) is 9.03. The number of hydrogen-bond donors (Lipinski definition) is 1. The minimum absolute atomic E-state index is 0.189. The molecule has 2 aromatic heterocycles. The van der Waals surface area contributed by atoms with E-state index in [9.17, 15) is 0 Å². The van der Waals surface area contributed by atoms with E-state index in [0.29, 0.717) is 0 Å². The predicted octanol–water partition coefficient (Wildman–Crippen LogP) is 4.27. The number of aromatic nitrogens is 4. The van der Waals surface area contributed by atoms with Crippen LogP contribution < -0.4 is 5.32 Å². The SMILES string of the molecule is Brc1cccc(C2C3=C(CCCC3)Nc3ncn4ncnc4c32)c1. The van der Waals surface area contributed by atoms with E-state index in [1.807, 2.05) is 0 Å². The number of allylic oxidation sites excluding steroid dienone is 2. The van der Waals surface area contributed by atoms with Crippen molar-refractivity contribution in [2.45, 2.75) is 31.6 Å². The Morgan fingerprint density at radius 1 is 1.17 bits per heavy atom. The molecule has 5 rings (SSSR count). The number of halogens is 1. The Hall–Kier alpha value is -2.21. The Kier molecular flexibility index (Phi) is 3.19. The van der Waals surface area contributed by atoms with Crippen LogP contribution in [0.3, 0.4) is 0 Å². The zero-order chi connectivity index (χ0) is 16.1. The number of anilines is 1. The minimum atomic E-state index is 0.189. The third-order valence-electron chi connectivity index (χ3n) is 4.96. The molecule has 1 atom stereocenters. The quantitative estimate of drug-likeness (QED) is 0.683. The van der Waals surface area contributed by atoms with E-state index in [0.717, 1.165) is 34.3 Å². The maximum absolute atomic E-state index is 4.61. The van der Waals surface area contributed by atoms with Gasteiger partial charge in [-0.1, -0.05) is 28.1 Å². The highest BCUT2D eigenvalue weighted by molar-refractivity contribution is 9.10. The van der Waals surface area contributed by atoms with E-state index in [2.05, 4.69) is 60.6 Å². The Balaban J connectivity index is 1.81. The fraction of sp³-hybridized carbons (Fsp3) is 0.278. The molecule has 1 aromatic carbocycles. The van der Waals surface area contributed by atoms with Gasteiger partial charge >= 0.3 is 0 Å². The van der Waals surface area contributed by atoms with Crippen molar-refractivity contribution < 1.29 is 0 Å². The Bertz CT molecular complexity index is 974. The second kappa shape index (κ2) is 5.41. The molecule has 0 radical (unpaired) electrons. The molecule has 1 aliphatic heterocycles. The van der Waals surface area contributed by atoms with Gasteiger partial charge < -0.3 is 5.32 Å². The van der Waals surface area contributed by atoms with Crippen LogP contribution in [0, 0.1) is 0 Å². The van der Waals surface area contributed by atoms with E-state index in [-0.39, 0.29) is 5.92 Å². The van der Waals surface area contributed by atoms with Crippen molar-refractivity contribution in [1.29, 1.82) is 0 Å². The molecule has 0 saturated carbocycles. The Labute approximate surface area is 148 Å². The molecule has 0 amide bonds. The summed E-state index contributed by atoms with van der Waals surface area (Å²) in [7, 11) is 0. The molecule has 3 aromatic rings. The predicted molar refractivity (Wildman–Crippen MR) is 95.9 cm³/mol. The van der Waals surface area contributed by atoms with Crippen molar-refractivity contribution in [1.82, 2.24) is 19.6 Å². The maximum Gasteiger partial charge on any atom is 0.164 e. The summed E-state index contributed by atoms with van der Waals surface area (Å²) in [6.45, 7) is 0. The lowest BCUT2D eigenvalue weighted by Gasteiger charge is -2.34. The van der Waals surface area contributed by atoms with Gasteiger partial charge in [0.1, 0.15) is 18.5 Å². The molecule has 0 fully saturated rings. The number of fused-ring (bicyclic) bond motifs is 3. The molecule has 24 heavy (non-hydrogen) atoms. The topological polar surface area (TPSA) is 55.1 Å². The van der Waals surface area contributed by atoms with Crippen LogP contribution >= 0.6 is 15.9 Å². The van der Waals surface area contributed by atoms with Crippen molar-refractivity contribution in [3.05, 3.63) is 63.8 Å². The molecule has 5 nitrogen and oxygen atoms in total. The number of nitrogens with one attached hydrogen (secondary N) is 1. The summed E-state index contributed by atoms with van der Waals surface area (Å²) in [5.74, 6) is 1.11. The summed E-state index contributed by atoms with van der Waals surface area (Å²) in [6.07, 6.45) is 8.02. The molecule has 1 unspecified atom stereocenters. The van der Waals surface area contributed by atoms with Crippen LogP contribution in [-0.2, 0) is 0 Å². The highest BCUT2D eigenvalue weighted by atomic mass is 79.9. The molecular formula is C18H16BrN5. The van der Waals surface area contributed by atoms with Crippen LogP contribution in [0.25, 0.3) is 5.65 Å². The van der Waals surface area contributed by atoms with Crippen molar-refractivity contribution in [3.8, 4) is 0 Å². The lowest BCUT2D eigenvalue weighted by molar-refractivity contribution is 0.633. The van der Waals surface area contributed by atoms with Crippen LogP contribution in [0.15, 0.2) is 52.7 Å². The monoisotopic (exact) mass is 381 g/mol. The van der Waals surface area contributed by atoms with E-state index in [1.54, 1.807) is 17.2 Å². The first-order chi connectivity index (χ1) is 11.8. The molecule has 6 heteroatoms. The van der Waals surface area contributed by atoms with Gasteiger partial charge in [-0.25, -0.2) is 14.5 Å². The summed E-state index contributed by atoms with van der Waals surface area (Å²) in [4.78, 5) is 9.12. The second-order valence-corrected chi connectivity index (χ2v) is 7.27. The highest BCUT2D eigenvalue weighted by Gasteiger charge is 2.33. The molecule has 1 N–H and O–H groups in total. The molecule has 0 spiro atoms. The van der Waals surface area contributed by atoms with Crippen molar-refractivity contribution in [2.24, 2.45) is 0 Å². The number of nitrogens with zero attached hydrogens (tertiary/aromatic N) is 4. The third-order valence-corrected chi connectivity index (χ3v) is 5.46. The standard InChI is InChI=1S/C18H16BrN5/c19-12-5-3-4-11(8-12)15-13-6-1-2-7-14(13)23-17-16(15)18-20-9-22-24(18)10-21-17/h3-5,8-10,15,23H,1-2,6-7H2. The summed E-state index contributed by atoms with van der Waals surface area (Å²) in [6, 6.07) is 8.57. The van der Waals surface area contributed by atoms with Gasteiger partial charge in [0.25, 0.3) is 0 Å². The Morgan fingerprint density at radius 2 is 2.08 bits per heavy atom. The van der Waals surface area contributed by atoms with Gasteiger partial charge in [-0.2, -0.15) is 5.10 Å². The minimum Gasteiger partial charge on any atom is -0.343 e. The van der Waals surface area contributed by atoms with Crippen LogP contribution in [0.5, 0.6) is 0 Å². The van der Waals surface area contributed by atoms with E-state index >= 15 is 0 Å². The zero-order valence-electron chi connectivity index (χ0n) is 13.0. The van der Waals surface area contributed by atoms with E-state index < -0.39 is 0 Å². The first-order valence-electron chi connectivity index (χ1n) is 8.24. The lowest BCUT2D eigenvalue weighted by Crippen LogP contribution is -2.23. The average Bonchev–Trinajstić information content (AvgIpc) is 3.08. The van der Waals surface area contributed by atoms with Gasteiger partial charge in [-0.05, 0) is 49.0 Å². The number of benzene rings is 1. The van der Waals surface area contributed by atoms with Crippen molar-refractivity contribution in [3.63, 3.8) is 0 Å². The maximum atomic E-state index is 4.61. The molecule has 3 heterocycles. The largest absolute Gasteiger partial charge is 0.343 e. The van der Waals surface area contributed by atoms with Crippen molar-refractivity contribution in [2.75, 3.05) is 5.32 Å². The second-order valence-electron chi connectivity index (χ2n) is 6.36. The van der Waals surface area contributed by atoms with Gasteiger partial charge in [0, 0.05) is 16.1 Å². The average molecular weight is 382 g/mol. The van der Waals surface area contributed by atoms with Crippen molar-refractivity contribution >= 4 is 27.4 Å². The van der Waals surface area contributed by atoms with Gasteiger partial charge in [0.15, 0.2) is 5.65 Å². The van der Waals surface area contributed by atoms with Gasteiger partial charge in [-0.15, -0.1) is 0 Å².